The minimum Gasteiger partial charge on any atom is -0.480 e. The van der Waals surface area contributed by atoms with Crippen LogP contribution in [0.2, 0.25) is 0 Å². The second-order valence-electron chi connectivity index (χ2n) is 3.76. The van der Waals surface area contributed by atoms with Gasteiger partial charge in [-0.15, -0.1) is 0 Å². The maximum absolute atomic E-state index is 10.8. The molecule has 0 aromatic carbocycles. The van der Waals surface area contributed by atoms with Crippen molar-refractivity contribution in [3.63, 3.8) is 0 Å². The van der Waals surface area contributed by atoms with Crippen LogP contribution in [0.4, 0.5) is 0 Å². The van der Waals surface area contributed by atoms with Gasteiger partial charge < -0.3 is 15.2 Å². The van der Waals surface area contributed by atoms with Crippen molar-refractivity contribution in [1.29, 1.82) is 0 Å². The van der Waals surface area contributed by atoms with Crippen molar-refractivity contribution in [3.05, 3.63) is 0 Å². The molecule has 0 aromatic rings. The highest BCUT2D eigenvalue weighted by Gasteiger charge is 2.28. The molecule has 0 aromatic heterocycles. The second kappa shape index (κ2) is 4.95. The van der Waals surface area contributed by atoms with Crippen molar-refractivity contribution in [1.82, 2.24) is 5.32 Å². The number of carbonyl (C=O) groups excluding carboxylic acids is 1. The maximum atomic E-state index is 10.8. The van der Waals surface area contributed by atoms with Crippen LogP contribution < -0.4 is 5.32 Å². The van der Waals surface area contributed by atoms with Crippen LogP contribution in [0.3, 0.4) is 0 Å². The Balaban J connectivity index is 4.38. The minimum absolute atomic E-state index is 0.235. The number of ether oxygens (including phenoxy) is 1. The van der Waals surface area contributed by atoms with Crippen LogP contribution >= 0.6 is 0 Å². The predicted octanol–water partition coefficient (Wildman–Crippen LogP) is 0.391. The third-order valence-electron chi connectivity index (χ3n) is 1.92. The summed E-state index contributed by atoms with van der Waals surface area (Å²) >= 11 is 0. The largest absolute Gasteiger partial charge is 0.480 e. The topological polar surface area (TPSA) is 75.6 Å². The monoisotopic (exact) mass is 203 g/mol. The Morgan fingerprint density at radius 1 is 1.50 bits per heavy atom. The fourth-order valence-corrected chi connectivity index (χ4v) is 1.02. The van der Waals surface area contributed by atoms with E-state index in [2.05, 4.69) is 5.32 Å². The number of methoxy groups -OCH3 is 1. The van der Waals surface area contributed by atoms with E-state index in [-0.39, 0.29) is 12.3 Å². The lowest BCUT2D eigenvalue weighted by molar-refractivity contribution is -0.143. The van der Waals surface area contributed by atoms with Gasteiger partial charge in [0.05, 0.1) is 5.60 Å². The van der Waals surface area contributed by atoms with E-state index in [9.17, 15) is 9.59 Å². The van der Waals surface area contributed by atoms with Gasteiger partial charge in [-0.25, -0.2) is 4.79 Å². The molecule has 0 heterocycles. The van der Waals surface area contributed by atoms with Gasteiger partial charge in [-0.1, -0.05) is 0 Å². The van der Waals surface area contributed by atoms with Crippen LogP contribution in [0.1, 0.15) is 27.2 Å². The van der Waals surface area contributed by atoms with Crippen molar-refractivity contribution < 1.29 is 19.4 Å². The highest BCUT2D eigenvalue weighted by Crippen LogP contribution is 2.15. The molecule has 0 saturated heterocycles. The smallest absolute Gasteiger partial charge is 0.326 e. The van der Waals surface area contributed by atoms with Crippen LogP contribution in [0.5, 0.6) is 0 Å². The molecule has 0 bridgehead atoms. The molecule has 0 spiro atoms. The molecule has 0 fully saturated rings. The number of carbonyl (C=O) groups is 2. The number of amides is 1. The van der Waals surface area contributed by atoms with Crippen LogP contribution in [0, 0.1) is 0 Å². The SMILES string of the molecule is COC(C)(C)CC(NC(C)=O)C(=O)O. The number of carboxylic acid groups (broad SMARTS) is 1. The van der Waals surface area contributed by atoms with Gasteiger partial charge in [-0.05, 0) is 13.8 Å². The summed E-state index contributed by atoms with van der Waals surface area (Å²) < 4.78 is 5.09. The Kier molecular flexibility index (Phi) is 4.56. The number of hydrogen-bond donors (Lipinski definition) is 2. The van der Waals surface area contributed by atoms with E-state index in [4.69, 9.17) is 9.84 Å². The van der Waals surface area contributed by atoms with E-state index in [1.807, 2.05) is 0 Å². The van der Waals surface area contributed by atoms with Crippen LogP contribution in [-0.2, 0) is 14.3 Å². The first-order valence-electron chi connectivity index (χ1n) is 4.33. The Labute approximate surface area is 83.4 Å². The summed E-state index contributed by atoms with van der Waals surface area (Å²) in [6.07, 6.45) is 0.235. The van der Waals surface area contributed by atoms with Crippen molar-refractivity contribution in [2.24, 2.45) is 0 Å². The molecule has 5 heteroatoms. The summed E-state index contributed by atoms with van der Waals surface area (Å²) in [6.45, 7) is 4.82. The zero-order chi connectivity index (χ0) is 11.4. The average molecular weight is 203 g/mol. The lowest BCUT2D eigenvalue weighted by Gasteiger charge is -2.26. The lowest BCUT2D eigenvalue weighted by Crippen LogP contribution is -2.44. The summed E-state index contributed by atoms with van der Waals surface area (Å²) in [7, 11) is 1.51. The molecule has 0 aliphatic heterocycles. The highest BCUT2D eigenvalue weighted by molar-refractivity contribution is 5.82. The zero-order valence-corrected chi connectivity index (χ0v) is 8.96. The maximum Gasteiger partial charge on any atom is 0.326 e. The molecule has 0 aliphatic rings. The minimum atomic E-state index is -1.05. The van der Waals surface area contributed by atoms with Gasteiger partial charge in [0.1, 0.15) is 6.04 Å². The Bertz CT molecular complexity index is 225. The van der Waals surface area contributed by atoms with Crippen LogP contribution in [0.15, 0.2) is 0 Å². The van der Waals surface area contributed by atoms with Gasteiger partial charge in [-0.3, -0.25) is 4.79 Å². The van der Waals surface area contributed by atoms with Gasteiger partial charge in [0.15, 0.2) is 0 Å². The quantitative estimate of drug-likeness (QED) is 0.677. The van der Waals surface area contributed by atoms with Gasteiger partial charge >= 0.3 is 5.97 Å². The first kappa shape index (κ1) is 12.9. The molecule has 0 rings (SSSR count). The van der Waals surface area contributed by atoms with Crippen molar-refractivity contribution in [3.8, 4) is 0 Å². The molecule has 14 heavy (non-hydrogen) atoms. The summed E-state index contributed by atoms with van der Waals surface area (Å²) in [4.78, 5) is 21.5. The van der Waals surface area contributed by atoms with Gasteiger partial charge in [-0.2, -0.15) is 0 Å². The Hall–Kier alpha value is -1.10. The van der Waals surface area contributed by atoms with Crippen LogP contribution in [0.25, 0.3) is 0 Å². The number of nitrogens with one attached hydrogen (secondary N) is 1. The molecule has 1 amide bonds. The predicted molar refractivity (Wildman–Crippen MR) is 50.9 cm³/mol. The fraction of sp³-hybridized carbons (Fsp3) is 0.778. The summed E-state index contributed by atoms with van der Waals surface area (Å²) in [5, 5.41) is 11.2. The summed E-state index contributed by atoms with van der Waals surface area (Å²) in [6, 6.07) is -0.901. The van der Waals surface area contributed by atoms with E-state index in [1.165, 1.54) is 14.0 Å². The number of carboxylic acids is 1. The first-order chi connectivity index (χ1) is 6.28. The van der Waals surface area contributed by atoms with E-state index < -0.39 is 17.6 Å². The van der Waals surface area contributed by atoms with Gasteiger partial charge in [0.25, 0.3) is 0 Å². The molecule has 82 valence electrons. The summed E-state index contributed by atoms with van der Waals surface area (Å²) in [5.41, 5.74) is -0.564. The average Bonchev–Trinajstić information content (AvgIpc) is 2.02. The molecule has 0 saturated carbocycles. The standard InChI is InChI=1S/C9H17NO4/c1-6(11)10-7(8(12)13)5-9(2,3)14-4/h7H,5H2,1-4H3,(H,10,11)(H,12,13). The van der Waals surface area contributed by atoms with E-state index >= 15 is 0 Å². The third kappa shape index (κ3) is 4.81. The van der Waals surface area contributed by atoms with Crippen molar-refractivity contribution in [2.45, 2.75) is 38.8 Å². The van der Waals surface area contributed by atoms with Gasteiger partial charge in [0.2, 0.25) is 5.91 Å². The van der Waals surface area contributed by atoms with E-state index in [0.29, 0.717) is 0 Å². The number of hydrogen-bond acceptors (Lipinski definition) is 3. The first-order valence-corrected chi connectivity index (χ1v) is 4.33. The highest BCUT2D eigenvalue weighted by atomic mass is 16.5. The molecule has 0 aliphatic carbocycles. The molecule has 1 atom stereocenters. The molecule has 1 unspecified atom stereocenters. The van der Waals surface area contributed by atoms with Crippen molar-refractivity contribution in [2.75, 3.05) is 7.11 Å². The van der Waals surface area contributed by atoms with E-state index in [0.717, 1.165) is 0 Å². The lowest BCUT2D eigenvalue weighted by atomic mass is 9.99. The van der Waals surface area contributed by atoms with E-state index in [1.54, 1.807) is 13.8 Å². The van der Waals surface area contributed by atoms with Crippen molar-refractivity contribution >= 4 is 11.9 Å². The van der Waals surface area contributed by atoms with Crippen LogP contribution in [-0.4, -0.2) is 35.7 Å². The molecule has 5 nitrogen and oxygen atoms in total. The summed E-state index contributed by atoms with van der Waals surface area (Å²) in [5.74, 6) is -1.41. The number of rotatable bonds is 5. The molecule has 2 N–H and O–H groups in total. The molecule has 0 radical (unpaired) electrons. The molecular weight excluding hydrogens is 186 g/mol. The Morgan fingerprint density at radius 2 is 2.00 bits per heavy atom. The molecular formula is C9H17NO4. The third-order valence-corrected chi connectivity index (χ3v) is 1.92. The second-order valence-corrected chi connectivity index (χ2v) is 3.76. The fourth-order valence-electron chi connectivity index (χ4n) is 1.02. The normalized spacial score (nSPS) is 13.4. The number of aliphatic carboxylic acids is 1. The Morgan fingerprint density at radius 3 is 2.29 bits per heavy atom. The zero-order valence-electron chi connectivity index (χ0n) is 8.96. The van der Waals surface area contributed by atoms with Gasteiger partial charge in [0, 0.05) is 20.5 Å².